The van der Waals surface area contributed by atoms with Gasteiger partial charge in [0.25, 0.3) is 0 Å². The number of hydrogen-bond acceptors (Lipinski definition) is 3. The van der Waals surface area contributed by atoms with Crippen LogP contribution in [-0.2, 0) is 16.6 Å². The molecule has 112 valence electrons. The number of ether oxygens (including phenoxy) is 1. The maximum atomic E-state index is 11.6. The highest BCUT2D eigenvalue weighted by Gasteiger charge is 2.09. The second-order valence-electron chi connectivity index (χ2n) is 4.42. The van der Waals surface area contributed by atoms with E-state index in [2.05, 4.69) is 20.7 Å². The van der Waals surface area contributed by atoms with Crippen LogP contribution in [0.4, 0.5) is 5.69 Å². The second kappa shape index (κ2) is 6.95. The van der Waals surface area contributed by atoms with Crippen LogP contribution in [0.15, 0.2) is 53.0 Å². The molecule has 0 amide bonds. The summed E-state index contributed by atoms with van der Waals surface area (Å²) in [5, 5.41) is 0. The number of anilines is 1. The average molecular weight is 370 g/mol. The van der Waals surface area contributed by atoms with E-state index in [9.17, 15) is 8.42 Å². The molecule has 6 heteroatoms. The van der Waals surface area contributed by atoms with Crippen LogP contribution in [0.3, 0.4) is 0 Å². The third kappa shape index (κ3) is 4.75. The van der Waals surface area contributed by atoms with E-state index < -0.39 is 10.0 Å². The summed E-state index contributed by atoms with van der Waals surface area (Å²) < 4.78 is 32.2. The Labute approximate surface area is 133 Å². The summed E-state index contributed by atoms with van der Waals surface area (Å²) in [6.07, 6.45) is 0. The Hall–Kier alpha value is -1.53. The zero-order valence-corrected chi connectivity index (χ0v) is 13.9. The lowest BCUT2D eigenvalue weighted by atomic mass is 10.2. The fourth-order valence-corrected chi connectivity index (χ4v) is 2.66. The fraction of sp³-hybridized carbons (Fsp3) is 0.200. The minimum absolute atomic E-state index is 0.0310. The lowest BCUT2D eigenvalue weighted by Gasteiger charge is -2.11. The first-order valence-electron chi connectivity index (χ1n) is 6.47. The van der Waals surface area contributed by atoms with Crippen molar-refractivity contribution in [1.82, 2.24) is 0 Å². The molecule has 0 aliphatic heterocycles. The molecule has 4 nitrogen and oxygen atoms in total. The maximum absolute atomic E-state index is 11.6. The zero-order valence-electron chi connectivity index (χ0n) is 11.5. The Morgan fingerprint density at radius 2 is 1.86 bits per heavy atom. The van der Waals surface area contributed by atoms with E-state index in [1.54, 1.807) is 25.1 Å². The molecule has 2 rings (SSSR count). The maximum Gasteiger partial charge on any atom is 0.232 e. The van der Waals surface area contributed by atoms with Gasteiger partial charge in [-0.25, -0.2) is 8.42 Å². The molecule has 1 N–H and O–H groups in total. The Morgan fingerprint density at radius 3 is 2.52 bits per heavy atom. The van der Waals surface area contributed by atoms with Gasteiger partial charge in [0, 0.05) is 6.07 Å². The molecular weight excluding hydrogens is 354 g/mol. The number of benzene rings is 2. The Bertz CT molecular complexity index is 702. The summed E-state index contributed by atoms with van der Waals surface area (Å²) in [5.41, 5.74) is 1.53. The number of halogens is 1. The minimum atomic E-state index is -3.29. The largest absolute Gasteiger partial charge is 0.488 e. The Morgan fingerprint density at radius 1 is 1.14 bits per heavy atom. The lowest BCUT2D eigenvalue weighted by molar-refractivity contribution is 0.304. The summed E-state index contributed by atoms with van der Waals surface area (Å²) in [6.45, 7) is 2.01. The molecule has 0 saturated carbocycles. The van der Waals surface area contributed by atoms with E-state index in [-0.39, 0.29) is 5.75 Å². The van der Waals surface area contributed by atoms with Gasteiger partial charge in [-0.1, -0.05) is 30.3 Å². The zero-order chi connectivity index (χ0) is 15.3. The van der Waals surface area contributed by atoms with Gasteiger partial charge in [0.15, 0.2) is 0 Å². The van der Waals surface area contributed by atoms with E-state index in [0.717, 1.165) is 10.0 Å². The summed E-state index contributed by atoms with van der Waals surface area (Å²) in [7, 11) is -3.29. The van der Waals surface area contributed by atoms with Crippen molar-refractivity contribution in [1.29, 1.82) is 0 Å². The highest BCUT2D eigenvalue weighted by molar-refractivity contribution is 9.10. The van der Waals surface area contributed by atoms with Gasteiger partial charge in [-0.15, -0.1) is 0 Å². The first-order valence-corrected chi connectivity index (χ1v) is 8.91. The minimum Gasteiger partial charge on any atom is -0.488 e. The number of sulfonamides is 1. The molecule has 0 aliphatic carbocycles. The molecule has 21 heavy (non-hydrogen) atoms. The van der Waals surface area contributed by atoms with Crippen molar-refractivity contribution in [2.24, 2.45) is 0 Å². The summed E-state index contributed by atoms with van der Waals surface area (Å²) in [5.74, 6) is 0.624. The van der Waals surface area contributed by atoms with Gasteiger partial charge in [-0.2, -0.15) is 0 Å². The SMILES string of the molecule is CCS(=O)(=O)Nc1ccc(Br)c(OCc2ccccc2)c1. The molecule has 0 aromatic heterocycles. The highest BCUT2D eigenvalue weighted by Crippen LogP contribution is 2.29. The van der Waals surface area contributed by atoms with Crippen molar-refractivity contribution in [2.75, 3.05) is 10.5 Å². The van der Waals surface area contributed by atoms with E-state index >= 15 is 0 Å². The van der Waals surface area contributed by atoms with Crippen molar-refractivity contribution in [2.45, 2.75) is 13.5 Å². The van der Waals surface area contributed by atoms with Gasteiger partial charge in [-0.3, -0.25) is 4.72 Å². The standard InChI is InChI=1S/C15H16BrNO3S/c1-2-21(18,19)17-13-8-9-14(16)15(10-13)20-11-12-6-4-3-5-7-12/h3-10,17H,2,11H2,1H3. The Balaban J connectivity index is 2.12. The van der Waals surface area contributed by atoms with Crippen molar-refractivity contribution in [3.63, 3.8) is 0 Å². The summed E-state index contributed by atoms with van der Waals surface area (Å²) in [6, 6.07) is 14.9. The predicted octanol–water partition coefficient (Wildman–Crippen LogP) is 3.79. The van der Waals surface area contributed by atoms with Crippen LogP contribution in [0.2, 0.25) is 0 Å². The third-order valence-corrected chi connectivity index (χ3v) is 4.78. The van der Waals surface area contributed by atoms with E-state index in [4.69, 9.17) is 4.74 Å². The average Bonchev–Trinajstić information content (AvgIpc) is 2.48. The van der Waals surface area contributed by atoms with Crippen LogP contribution in [0, 0.1) is 0 Å². The molecule has 0 unspecified atom stereocenters. The van der Waals surface area contributed by atoms with Gasteiger partial charge in [-0.05, 0) is 40.5 Å². The third-order valence-electron chi connectivity index (χ3n) is 2.82. The van der Waals surface area contributed by atoms with E-state index in [1.807, 2.05) is 30.3 Å². The molecule has 0 fully saturated rings. The van der Waals surface area contributed by atoms with Crippen molar-refractivity contribution < 1.29 is 13.2 Å². The van der Waals surface area contributed by atoms with Crippen LogP contribution in [0.25, 0.3) is 0 Å². The van der Waals surface area contributed by atoms with Crippen molar-refractivity contribution >= 4 is 31.6 Å². The second-order valence-corrected chi connectivity index (χ2v) is 7.29. The molecule has 0 bridgehead atoms. The van der Waals surface area contributed by atoms with Gasteiger partial charge >= 0.3 is 0 Å². The van der Waals surface area contributed by atoms with E-state index in [0.29, 0.717) is 18.0 Å². The smallest absolute Gasteiger partial charge is 0.232 e. The van der Waals surface area contributed by atoms with E-state index in [1.165, 1.54) is 0 Å². The number of rotatable bonds is 6. The molecule has 0 atom stereocenters. The van der Waals surface area contributed by atoms with Crippen molar-refractivity contribution in [3.05, 3.63) is 58.6 Å². The lowest BCUT2D eigenvalue weighted by Crippen LogP contribution is -2.14. The van der Waals surface area contributed by atoms with Crippen LogP contribution in [0.5, 0.6) is 5.75 Å². The van der Waals surface area contributed by atoms with Crippen LogP contribution in [0.1, 0.15) is 12.5 Å². The molecule has 0 heterocycles. The van der Waals surface area contributed by atoms with Gasteiger partial charge in [0.05, 0.1) is 15.9 Å². The first-order chi connectivity index (χ1) is 10.00. The molecule has 0 radical (unpaired) electrons. The molecule has 2 aromatic carbocycles. The van der Waals surface area contributed by atoms with Crippen molar-refractivity contribution in [3.8, 4) is 5.75 Å². The topological polar surface area (TPSA) is 55.4 Å². The molecule has 0 saturated heterocycles. The normalized spacial score (nSPS) is 11.1. The quantitative estimate of drug-likeness (QED) is 0.842. The number of nitrogens with one attached hydrogen (secondary N) is 1. The monoisotopic (exact) mass is 369 g/mol. The summed E-state index contributed by atoms with van der Waals surface area (Å²) >= 11 is 3.40. The molecule has 2 aromatic rings. The predicted molar refractivity (Wildman–Crippen MR) is 88.0 cm³/mol. The van der Waals surface area contributed by atoms with Crippen LogP contribution < -0.4 is 9.46 Å². The van der Waals surface area contributed by atoms with Gasteiger partial charge < -0.3 is 4.74 Å². The van der Waals surface area contributed by atoms with Gasteiger partial charge in [0.2, 0.25) is 10.0 Å². The fourth-order valence-electron chi connectivity index (χ4n) is 1.66. The summed E-state index contributed by atoms with van der Waals surface area (Å²) in [4.78, 5) is 0. The highest BCUT2D eigenvalue weighted by atomic mass is 79.9. The molecule has 0 aliphatic rings. The molecule has 0 spiro atoms. The Kier molecular flexibility index (Phi) is 5.25. The van der Waals surface area contributed by atoms with Crippen LogP contribution in [-0.4, -0.2) is 14.2 Å². The number of hydrogen-bond donors (Lipinski definition) is 1. The first kappa shape index (κ1) is 15.9. The van der Waals surface area contributed by atoms with Gasteiger partial charge in [0.1, 0.15) is 12.4 Å². The van der Waals surface area contributed by atoms with Crippen LogP contribution >= 0.6 is 15.9 Å². The molecular formula is C15H16BrNO3S.